The molecule has 1 aromatic heterocycles. The molecule has 2 heterocycles. The molecule has 25 heavy (non-hydrogen) atoms. The molecule has 1 aliphatic rings. The van der Waals surface area contributed by atoms with E-state index in [1.54, 1.807) is 19.1 Å². The highest BCUT2D eigenvalue weighted by Crippen LogP contribution is 2.41. The number of esters is 1. The van der Waals surface area contributed by atoms with Crippen LogP contribution < -0.4 is 5.56 Å². The van der Waals surface area contributed by atoms with E-state index in [1.165, 1.54) is 31.5 Å². The molecule has 2 aromatic rings. The smallest absolute Gasteiger partial charge is 0.315 e. The molecular formula is C17H15N3O5. The van der Waals surface area contributed by atoms with Gasteiger partial charge in [0, 0.05) is 30.0 Å². The lowest BCUT2D eigenvalue weighted by Gasteiger charge is -2.29. The zero-order valence-electron chi connectivity index (χ0n) is 13.6. The van der Waals surface area contributed by atoms with Crippen molar-refractivity contribution in [2.45, 2.75) is 12.8 Å². The van der Waals surface area contributed by atoms with Crippen LogP contribution in [0.4, 0.5) is 11.4 Å². The lowest BCUT2D eigenvalue weighted by Crippen LogP contribution is -2.35. The highest BCUT2D eigenvalue weighted by Gasteiger charge is 2.40. The first-order valence-electron chi connectivity index (χ1n) is 7.53. The van der Waals surface area contributed by atoms with Gasteiger partial charge in [-0.05, 0) is 18.6 Å². The summed E-state index contributed by atoms with van der Waals surface area (Å²) in [5.41, 5.74) is 1.20. The summed E-state index contributed by atoms with van der Waals surface area (Å²) in [6.07, 6.45) is 1.47. The van der Waals surface area contributed by atoms with Gasteiger partial charge in [-0.15, -0.1) is 0 Å². The van der Waals surface area contributed by atoms with Crippen molar-refractivity contribution < 1.29 is 14.5 Å². The summed E-state index contributed by atoms with van der Waals surface area (Å²) in [6, 6.07) is 7.55. The number of non-ortho nitro benzene ring substituents is 1. The Balaban J connectivity index is 2.28. The van der Waals surface area contributed by atoms with E-state index in [0.717, 1.165) is 0 Å². The number of aromatic nitrogens is 1. The second-order valence-corrected chi connectivity index (χ2v) is 5.69. The van der Waals surface area contributed by atoms with Gasteiger partial charge in [0.1, 0.15) is 5.92 Å². The SMILES string of the molecule is COC(=O)C1C(C)=Nc2cc[nH]c(=O)c2C1c1cccc([N+](=O)[O-])c1. The summed E-state index contributed by atoms with van der Waals surface area (Å²) in [7, 11) is 1.25. The number of H-pyrrole nitrogens is 1. The van der Waals surface area contributed by atoms with Gasteiger partial charge < -0.3 is 9.72 Å². The van der Waals surface area contributed by atoms with Gasteiger partial charge in [0.2, 0.25) is 0 Å². The normalized spacial score (nSPS) is 18.9. The number of aromatic amines is 1. The molecule has 2 atom stereocenters. The number of nitrogens with one attached hydrogen (secondary N) is 1. The molecule has 0 aliphatic carbocycles. The largest absolute Gasteiger partial charge is 0.468 e. The number of hydrogen-bond acceptors (Lipinski definition) is 6. The van der Waals surface area contributed by atoms with Crippen molar-refractivity contribution in [2.75, 3.05) is 7.11 Å². The number of ether oxygens (including phenoxy) is 1. The molecule has 0 bridgehead atoms. The minimum atomic E-state index is -0.831. The fourth-order valence-electron chi connectivity index (χ4n) is 3.17. The fraction of sp³-hybridized carbons (Fsp3) is 0.235. The molecule has 0 spiro atoms. The number of hydrogen-bond donors (Lipinski definition) is 1. The molecule has 0 saturated heterocycles. The lowest BCUT2D eigenvalue weighted by molar-refractivity contribution is -0.384. The zero-order valence-corrected chi connectivity index (χ0v) is 13.6. The van der Waals surface area contributed by atoms with E-state index in [-0.39, 0.29) is 11.2 Å². The summed E-state index contributed by atoms with van der Waals surface area (Å²) < 4.78 is 4.88. The van der Waals surface area contributed by atoms with E-state index >= 15 is 0 Å². The number of nitrogens with zero attached hydrogens (tertiary/aromatic N) is 2. The first-order chi connectivity index (χ1) is 11.9. The van der Waals surface area contributed by atoms with Crippen molar-refractivity contribution in [1.82, 2.24) is 4.98 Å². The van der Waals surface area contributed by atoms with E-state index in [9.17, 15) is 19.7 Å². The second kappa shape index (κ2) is 6.31. The summed E-state index contributed by atoms with van der Waals surface area (Å²) in [5.74, 6) is -2.10. The number of carbonyl (C=O) groups excluding carboxylic acids is 1. The maximum absolute atomic E-state index is 12.4. The van der Waals surface area contributed by atoms with Crippen molar-refractivity contribution in [2.24, 2.45) is 10.9 Å². The van der Waals surface area contributed by atoms with Crippen LogP contribution in [-0.2, 0) is 9.53 Å². The van der Waals surface area contributed by atoms with Crippen LogP contribution in [0, 0.1) is 16.0 Å². The van der Waals surface area contributed by atoms with Gasteiger partial charge in [0.05, 0.1) is 23.3 Å². The predicted octanol–water partition coefficient (Wildman–Crippen LogP) is 2.31. The first kappa shape index (κ1) is 16.6. The minimum absolute atomic E-state index is 0.116. The molecule has 1 N–H and O–H groups in total. The van der Waals surface area contributed by atoms with Gasteiger partial charge in [-0.2, -0.15) is 0 Å². The molecule has 0 saturated carbocycles. The highest BCUT2D eigenvalue weighted by atomic mass is 16.6. The van der Waals surface area contributed by atoms with Crippen molar-refractivity contribution in [3.05, 3.63) is 68.1 Å². The Hall–Kier alpha value is -3.29. The zero-order chi connectivity index (χ0) is 18.1. The van der Waals surface area contributed by atoms with Crippen molar-refractivity contribution in [1.29, 1.82) is 0 Å². The minimum Gasteiger partial charge on any atom is -0.468 e. The van der Waals surface area contributed by atoms with E-state index in [1.807, 2.05) is 0 Å². The standard InChI is InChI=1S/C17H15N3O5/c1-9-13(17(22)25-2)14(10-4-3-5-11(8-10)20(23)24)15-12(19-9)6-7-18-16(15)21/h3-8,13-14H,1-2H3,(H,18,21). The molecule has 1 aliphatic heterocycles. The van der Waals surface area contributed by atoms with Crippen LogP contribution in [0.2, 0.25) is 0 Å². The summed E-state index contributed by atoms with van der Waals surface area (Å²) in [5, 5.41) is 11.1. The molecular weight excluding hydrogens is 326 g/mol. The Bertz CT molecular complexity index is 947. The van der Waals surface area contributed by atoms with E-state index in [0.29, 0.717) is 22.5 Å². The van der Waals surface area contributed by atoms with Crippen LogP contribution in [0.3, 0.4) is 0 Å². The first-order valence-corrected chi connectivity index (χ1v) is 7.53. The molecule has 8 heteroatoms. The van der Waals surface area contributed by atoms with Crippen LogP contribution in [0.15, 0.2) is 46.3 Å². The number of benzene rings is 1. The average molecular weight is 341 g/mol. The van der Waals surface area contributed by atoms with Gasteiger partial charge in [-0.25, -0.2) is 0 Å². The number of nitro benzene ring substituents is 1. The molecule has 3 rings (SSSR count). The number of aliphatic imine (C=N–C) groups is 1. The van der Waals surface area contributed by atoms with E-state index in [4.69, 9.17) is 4.74 Å². The third kappa shape index (κ3) is 2.82. The maximum Gasteiger partial charge on any atom is 0.315 e. The van der Waals surface area contributed by atoms with Crippen LogP contribution in [-0.4, -0.2) is 28.7 Å². The van der Waals surface area contributed by atoms with Crippen LogP contribution in [0.1, 0.15) is 24.0 Å². The monoisotopic (exact) mass is 341 g/mol. The number of rotatable bonds is 3. The number of methoxy groups -OCH3 is 1. The third-order valence-corrected chi connectivity index (χ3v) is 4.26. The van der Waals surface area contributed by atoms with Crippen molar-refractivity contribution in [3.63, 3.8) is 0 Å². The Morgan fingerprint density at radius 1 is 1.36 bits per heavy atom. The Labute approximate surface area is 142 Å². The van der Waals surface area contributed by atoms with Gasteiger partial charge >= 0.3 is 5.97 Å². The lowest BCUT2D eigenvalue weighted by atomic mass is 9.76. The topological polar surface area (TPSA) is 115 Å². The number of fused-ring (bicyclic) bond motifs is 1. The van der Waals surface area contributed by atoms with Crippen LogP contribution in [0.5, 0.6) is 0 Å². The predicted molar refractivity (Wildman–Crippen MR) is 90.3 cm³/mol. The summed E-state index contributed by atoms with van der Waals surface area (Å²) in [6.45, 7) is 1.68. The van der Waals surface area contributed by atoms with Crippen LogP contribution in [0.25, 0.3) is 0 Å². The molecule has 1 aromatic carbocycles. The Morgan fingerprint density at radius 2 is 2.12 bits per heavy atom. The molecule has 0 amide bonds. The molecule has 0 radical (unpaired) electrons. The summed E-state index contributed by atoms with van der Waals surface area (Å²) >= 11 is 0. The summed E-state index contributed by atoms with van der Waals surface area (Å²) in [4.78, 5) is 42.3. The Morgan fingerprint density at radius 3 is 2.80 bits per heavy atom. The molecule has 2 unspecified atom stereocenters. The quantitative estimate of drug-likeness (QED) is 0.522. The fourth-order valence-corrected chi connectivity index (χ4v) is 3.17. The van der Waals surface area contributed by atoms with Gasteiger partial charge in [0.25, 0.3) is 11.2 Å². The van der Waals surface area contributed by atoms with Gasteiger partial charge in [-0.1, -0.05) is 12.1 Å². The van der Waals surface area contributed by atoms with E-state index < -0.39 is 22.7 Å². The number of pyridine rings is 1. The average Bonchev–Trinajstić information content (AvgIpc) is 2.60. The maximum atomic E-state index is 12.4. The van der Waals surface area contributed by atoms with Gasteiger partial charge in [0.15, 0.2) is 0 Å². The van der Waals surface area contributed by atoms with E-state index in [2.05, 4.69) is 9.98 Å². The Kier molecular flexibility index (Phi) is 4.18. The van der Waals surface area contributed by atoms with Crippen molar-refractivity contribution >= 4 is 23.1 Å². The van der Waals surface area contributed by atoms with Crippen molar-refractivity contribution in [3.8, 4) is 0 Å². The highest BCUT2D eigenvalue weighted by molar-refractivity contribution is 6.05. The van der Waals surface area contributed by atoms with Crippen LogP contribution >= 0.6 is 0 Å². The second-order valence-electron chi connectivity index (χ2n) is 5.69. The number of nitro groups is 1. The molecule has 128 valence electrons. The third-order valence-electron chi connectivity index (χ3n) is 4.26. The van der Waals surface area contributed by atoms with Gasteiger partial charge in [-0.3, -0.25) is 24.7 Å². The molecule has 8 nitrogen and oxygen atoms in total. The molecule has 0 fully saturated rings. The number of carbonyl (C=O) groups is 1.